The maximum Gasteiger partial charge on any atom is 0.220 e. The number of nitrogens with zero attached hydrogens (tertiary/aromatic N) is 2. The quantitative estimate of drug-likeness (QED) is 0.463. The van der Waals surface area contributed by atoms with Crippen LogP contribution in [0.4, 0.5) is 0 Å². The number of amides is 1. The lowest BCUT2D eigenvalue weighted by atomic mass is 10.1. The monoisotopic (exact) mass is 451 g/mol. The summed E-state index contributed by atoms with van der Waals surface area (Å²) >= 11 is 18.0. The summed E-state index contributed by atoms with van der Waals surface area (Å²) in [5.74, 6) is 1.19. The van der Waals surface area contributed by atoms with E-state index in [1.54, 1.807) is 36.5 Å². The van der Waals surface area contributed by atoms with Gasteiger partial charge >= 0.3 is 0 Å². The number of rotatable bonds is 8. The van der Waals surface area contributed by atoms with Gasteiger partial charge in [-0.3, -0.25) is 4.79 Å². The van der Waals surface area contributed by atoms with Gasteiger partial charge in [0.15, 0.2) is 0 Å². The van der Waals surface area contributed by atoms with Gasteiger partial charge in [0.2, 0.25) is 5.91 Å². The Morgan fingerprint density at radius 1 is 1.14 bits per heavy atom. The van der Waals surface area contributed by atoms with Crippen molar-refractivity contribution in [2.45, 2.75) is 18.9 Å². The highest BCUT2D eigenvalue weighted by Crippen LogP contribution is 2.27. The van der Waals surface area contributed by atoms with Crippen LogP contribution >= 0.6 is 34.8 Å². The van der Waals surface area contributed by atoms with Crippen LogP contribution in [0, 0.1) is 0 Å². The molecule has 8 heteroatoms. The van der Waals surface area contributed by atoms with Crippen LogP contribution in [0.15, 0.2) is 54.9 Å². The minimum Gasteiger partial charge on any atom is -0.492 e. The number of imidazole rings is 1. The average molecular weight is 453 g/mol. The van der Waals surface area contributed by atoms with E-state index in [9.17, 15) is 4.79 Å². The Morgan fingerprint density at radius 2 is 1.86 bits per heavy atom. The highest BCUT2D eigenvalue weighted by Gasteiger charge is 2.20. The van der Waals surface area contributed by atoms with E-state index in [0.29, 0.717) is 40.3 Å². The molecule has 2 aromatic carbocycles. The second kappa shape index (κ2) is 10.0. The van der Waals surface area contributed by atoms with Gasteiger partial charge in [0.1, 0.15) is 17.6 Å². The molecule has 1 aromatic heterocycles. The van der Waals surface area contributed by atoms with Crippen molar-refractivity contribution in [1.29, 1.82) is 0 Å². The van der Waals surface area contributed by atoms with Gasteiger partial charge in [-0.1, -0.05) is 46.9 Å². The zero-order valence-corrected chi connectivity index (χ0v) is 18.0. The third kappa shape index (κ3) is 5.89. The lowest BCUT2D eigenvalue weighted by Gasteiger charge is -2.19. The standard InChI is InChI=1S/C21H20Cl3N3O2/c1-27-11-10-25-21(27)20(14-4-6-15(22)7-5-14)26-19(28)3-2-12-29-18-9-8-16(23)13-17(18)24/h4-11,13,20H,2-3,12H2,1H3,(H,26,28). The fourth-order valence-corrected chi connectivity index (χ4v) is 3.44. The number of benzene rings is 2. The van der Waals surface area contributed by atoms with Crippen molar-refractivity contribution in [3.8, 4) is 5.75 Å². The number of ether oxygens (including phenoxy) is 1. The molecular weight excluding hydrogens is 433 g/mol. The van der Waals surface area contributed by atoms with E-state index >= 15 is 0 Å². The molecule has 0 bridgehead atoms. The van der Waals surface area contributed by atoms with Crippen molar-refractivity contribution in [2.24, 2.45) is 7.05 Å². The van der Waals surface area contributed by atoms with Crippen molar-refractivity contribution in [2.75, 3.05) is 6.61 Å². The summed E-state index contributed by atoms with van der Waals surface area (Å²) in [6.45, 7) is 0.364. The van der Waals surface area contributed by atoms with E-state index in [0.717, 1.165) is 11.4 Å². The summed E-state index contributed by atoms with van der Waals surface area (Å²) in [6.07, 6.45) is 4.39. The molecule has 0 radical (unpaired) electrons. The second-order valence-electron chi connectivity index (χ2n) is 6.48. The minimum absolute atomic E-state index is 0.0984. The predicted molar refractivity (Wildman–Crippen MR) is 116 cm³/mol. The Balaban J connectivity index is 1.58. The predicted octanol–water partition coefficient (Wildman–Crippen LogP) is 5.45. The molecule has 0 aliphatic carbocycles. The summed E-state index contributed by atoms with van der Waals surface area (Å²) in [5.41, 5.74) is 0.904. The van der Waals surface area contributed by atoms with Crippen molar-refractivity contribution in [3.63, 3.8) is 0 Å². The molecule has 3 rings (SSSR count). The molecule has 0 saturated carbocycles. The van der Waals surface area contributed by atoms with E-state index < -0.39 is 0 Å². The Morgan fingerprint density at radius 3 is 2.52 bits per heavy atom. The normalized spacial score (nSPS) is 11.9. The van der Waals surface area contributed by atoms with Gasteiger partial charge in [-0.05, 0) is 42.3 Å². The summed E-state index contributed by atoms with van der Waals surface area (Å²) in [4.78, 5) is 16.9. The van der Waals surface area contributed by atoms with Gasteiger partial charge in [-0.25, -0.2) is 4.98 Å². The van der Waals surface area contributed by atoms with Crippen LogP contribution in [0.2, 0.25) is 15.1 Å². The first kappa shape index (κ1) is 21.5. The van der Waals surface area contributed by atoms with Gasteiger partial charge in [-0.15, -0.1) is 0 Å². The average Bonchev–Trinajstić information content (AvgIpc) is 3.11. The molecule has 1 N–H and O–H groups in total. The molecule has 0 saturated heterocycles. The van der Waals surface area contributed by atoms with E-state index in [1.165, 1.54) is 0 Å². The molecule has 5 nitrogen and oxygen atoms in total. The minimum atomic E-state index is -0.369. The summed E-state index contributed by atoms with van der Waals surface area (Å²) in [5, 5.41) is 4.67. The molecule has 152 valence electrons. The number of hydrogen-bond acceptors (Lipinski definition) is 3. The van der Waals surface area contributed by atoms with Crippen LogP contribution in [0.3, 0.4) is 0 Å². The molecule has 1 amide bonds. The number of carbonyl (C=O) groups is 1. The van der Waals surface area contributed by atoms with Crippen LogP contribution < -0.4 is 10.1 Å². The number of hydrogen-bond donors (Lipinski definition) is 1. The summed E-state index contributed by atoms with van der Waals surface area (Å²) in [6, 6.07) is 12.0. The largest absolute Gasteiger partial charge is 0.492 e. The van der Waals surface area contributed by atoms with Crippen LogP contribution in [0.25, 0.3) is 0 Å². The van der Waals surface area contributed by atoms with Crippen molar-refractivity contribution in [3.05, 3.63) is 81.3 Å². The summed E-state index contributed by atoms with van der Waals surface area (Å²) in [7, 11) is 1.89. The third-order valence-electron chi connectivity index (χ3n) is 4.32. The van der Waals surface area contributed by atoms with Gasteiger partial charge in [0.05, 0.1) is 11.6 Å². The van der Waals surface area contributed by atoms with Crippen LogP contribution in [0.1, 0.15) is 30.3 Å². The molecule has 1 heterocycles. The van der Waals surface area contributed by atoms with Crippen LogP contribution in [0.5, 0.6) is 5.75 Å². The van der Waals surface area contributed by atoms with E-state index in [1.807, 2.05) is 29.9 Å². The zero-order chi connectivity index (χ0) is 20.8. The zero-order valence-electron chi connectivity index (χ0n) is 15.7. The van der Waals surface area contributed by atoms with Crippen LogP contribution in [-0.4, -0.2) is 22.1 Å². The Labute approximate surface area is 184 Å². The van der Waals surface area contributed by atoms with Crippen molar-refractivity contribution >= 4 is 40.7 Å². The Kier molecular flexibility index (Phi) is 7.42. The lowest BCUT2D eigenvalue weighted by molar-refractivity contribution is -0.121. The number of nitrogens with one attached hydrogen (secondary N) is 1. The van der Waals surface area contributed by atoms with Gasteiger partial charge in [0, 0.05) is 35.9 Å². The molecule has 1 atom stereocenters. The van der Waals surface area contributed by atoms with E-state index in [4.69, 9.17) is 39.5 Å². The SMILES string of the molecule is Cn1ccnc1C(NC(=O)CCCOc1ccc(Cl)cc1Cl)c1ccc(Cl)cc1. The maximum atomic E-state index is 12.5. The fourth-order valence-electron chi connectivity index (χ4n) is 2.85. The lowest BCUT2D eigenvalue weighted by Crippen LogP contribution is -2.31. The van der Waals surface area contributed by atoms with Crippen LogP contribution in [-0.2, 0) is 11.8 Å². The highest BCUT2D eigenvalue weighted by atomic mass is 35.5. The van der Waals surface area contributed by atoms with E-state index in [2.05, 4.69) is 10.3 Å². The molecule has 0 aliphatic rings. The van der Waals surface area contributed by atoms with Crippen molar-refractivity contribution < 1.29 is 9.53 Å². The number of aryl methyl sites for hydroxylation is 1. The fraction of sp³-hybridized carbons (Fsp3) is 0.238. The number of carbonyl (C=O) groups excluding carboxylic acids is 1. The van der Waals surface area contributed by atoms with Gasteiger partial charge in [0.25, 0.3) is 0 Å². The van der Waals surface area contributed by atoms with E-state index in [-0.39, 0.29) is 11.9 Å². The molecule has 0 fully saturated rings. The third-order valence-corrected chi connectivity index (χ3v) is 5.11. The summed E-state index contributed by atoms with van der Waals surface area (Å²) < 4.78 is 7.51. The second-order valence-corrected chi connectivity index (χ2v) is 7.76. The number of halogens is 3. The number of aromatic nitrogens is 2. The topological polar surface area (TPSA) is 56.2 Å². The molecule has 3 aromatic rings. The Hall–Kier alpha value is -2.21. The molecule has 29 heavy (non-hydrogen) atoms. The molecular formula is C21H20Cl3N3O2. The molecule has 0 spiro atoms. The highest BCUT2D eigenvalue weighted by molar-refractivity contribution is 6.35. The smallest absolute Gasteiger partial charge is 0.220 e. The first-order valence-corrected chi connectivity index (χ1v) is 10.2. The first-order chi connectivity index (χ1) is 13.9. The molecule has 1 unspecified atom stereocenters. The maximum absolute atomic E-state index is 12.5. The first-order valence-electron chi connectivity index (χ1n) is 9.04. The van der Waals surface area contributed by atoms with Gasteiger partial charge in [-0.2, -0.15) is 0 Å². The van der Waals surface area contributed by atoms with Crippen molar-refractivity contribution in [1.82, 2.24) is 14.9 Å². The Bertz CT molecular complexity index is 974. The van der Waals surface area contributed by atoms with Gasteiger partial charge < -0.3 is 14.6 Å². The molecule has 0 aliphatic heterocycles.